The number of rotatable bonds is 5. The van der Waals surface area contributed by atoms with E-state index in [4.69, 9.17) is 15.2 Å². The summed E-state index contributed by atoms with van der Waals surface area (Å²) in [6.45, 7) is 4.46. The maximum absolute atomic E-state index is 5.73. The van der Waals surface area contributed by atoms with E-state index < -0.39 is 0 Å². The molecule has 3 N–H and O–H groups in total. The van der Waals surface area contributed by atoms with Gasteiger partial charge >= 0.3 is 0 Å². The highest BCUT2D eigenvalue weighted by molar-refractivity contribution is 5.45. The van der Waals surface area contributed by atoms with Crippen LogP contribution in [0.3, 0.4) is 0 Å². The molecule has 94 valence electrons. The Morgan fingerprint density at radius 2 is 2.47 bits per heavy atom. The molecule has 1 aromatic heterocycles. The topological polar surface area (TPSA) is 82.3 Å². The molecule has 1 saturated heterocycles. The number of ether oxygens (including phenoxy) is 2. The average molecular weight is 238 g/mol. The summed E-state index contributed by atoms with van der Waals surface area (Å²) in [6.07, 6.45) is 0.991. The zero-order valence-corrected chi connectivity index (χ0v) is 9.98. The minimum absolute atomic E-state index is 0.309. The van der Waals surface area contributed by atoms with Crippen LogP contribution in [0.5, 0.6) is 0 Å². The van der Waals surface area contributed by atoms with Crippen LogP contribution in [0.2, 0.25) is 0 Å². The number of nitrogens with one attached hydrogen (secondary N) is 1. The molecule has 2 heterocycles. The Morgan fingerprint density at radius 3 is 3.18 bits per heavy atom. The lowest BCUT2D eigenvalue weighted by Gasteiger charge is -2.12. The zero-order chi connectivity index (χ0) is 12.1. The minimum Gasteiger partial charge on any atom is -0.384 e. The molecule has 0 amide bonds. The monoisotopic (exact) mass is 238 g/mol. The predicted octanol–water partition coefficient (Wildman–Crippen LogP) is 0.796. The van der Waals surface area contributed by atoms with Crippen molar-refractivity contribution in [3.63, 3.8) is 0 Å². The molecule has 0 aliphatic carbocycles. The molecule has 17 heavy (non-hydrogen) atoms. The van der Waals surface area contributed by atoms with Crippen molar-refractivity contribution >= 4 is 11.6 Å². The van der Waals surface area contributed by atoms with Crippen LogP contribution in [0, 0.1) is 0 Å². The Morgan fingerprint density at radius 1 is 1.59 bits per heavy atom. The summed E-state index contributed by atoms with van der Waals surface area (Å²) in [4.78, 5) is 8.47. The molecule has 6 heteroatoms. The maximum atomic E-state index is 5.73. The van der Waals surface area contributed by atoms with Crippen LogP contribution >= 0.6 is 0 Å². The summed E-state index contributed by atoms with van der Waals surface area (Å²) in [5.74, 6) is 1.80. The lowest BCUT2D eigenvalue weighted by Crippen LogP contribution is -2.20. The molecule has 2 rings (SSSR count). The predicted molar refractivity (Wildman–Crippen MR) is 64.6 cm³/mol. The van der Waals surface area contributed by atoms with Gasteiger partial charge in [-0.2, -0.15) is 0 Å². The number of nitrogens with two attached hydrogens (primary N) is 1. The molecule has 0 radical (unpaired) electrons. The van der Waals surface area contributed by atoms with Crippen LogP contribution in [0.4, 0.5) is 11.6 Å². The second-order valence-electron chi connectivity index (χ2n) is 3.94. The molecule has 0 saturated carbocycles. The summed E-state index contributed by atoms with van der Waals surface area (Å²) in [7, 11) is 0. The first-order valence-corrected chi connectivity index (χ1v) is 5.83. The van der Waals surface area contributed by atoms with E-state index in [2.05, 4.69) is 15.3 Å². The van der Waals surface area contributed by atoms with E-state index in [1.165, 1.54) is 0 Å². The Hall–Kier alpha value is -1.40. The highest BCUT2D eigenvalue weighted by Gasteiger charge is 2.16. The van der Waals surface area contributed by atoms with Gasteiger partial charge in [0.2, 0.25) is 0 Å². The van der Waals surface area contributed by atoms with Gasteiger partial charge in [0.1, 0.15) is 18.2 Å². The normalized spacial score (nSPS) is 19.5. The van der Waals surface area contributed by atoms with Crippen LogP contribution in [0.25, 0.3) is 0 Å². The van der Waals surface area contributed by atoms with Gasteiger partial charge in [0.15, 0.2) is 5.82 Å². The van der Waals surface area contributed by atoms with Gasteiger partial charge in [-0.3, -0.25) is 0 Å². The van der Waals surface area contributed by atoms with Gasteiger partial charge in [0, 0.05) is 19.3 Å². The Labute approximate surface area is 101 Å². The molecular formula is C11H18N4O2. The summed E-state index contributed by atoms with van der Waals surface area (Å²) >= 11 is 0. The van der Waals surface area contributed by atoms with E-state index in [-0.39, 0.29) is 0 Å². The Bertz CT molecular complexity index is 366. The SMILES string of the molecule is CCOCc1nc(N)cc(NC2CCOC2)n1. The fourth-order valence-corrected chi connectivity index (χ4v) is 1.71. The summed E-state index contributed by atoms with van der Waals surface area (Å²) in [5.41, 5.74) is 5.73. The number of nitrogens with zero attached hydrogens (tertiary/aromatic N) is 2. The lowest BCUT2D eigenvalue weighted by atomic mass is 10.2. The molecule has 1 aliphatic rings. The van der Waals surface area contributed by atoms with Crippen molar-refractivity contribution in [2.75, 3.05) is 30.9 Å². The highest BCUT2D eigenvalue weighted by Crippen LogP contribution is 2.14. The van der Waals surface area contributed by atoms with E-state index >= 15 is 0 Å². The van der Waals surface area contributed by atoms with E-state index in [1.54, 1.807) is 6.07 Å². The molecule has 1 aromatic rings. The van der Waals surface area contributed by atoms with Gasteiger partial charge in [-0.05, 0) is 13.3 Å². The van der Waals surface area contributed by atoms with E-state index in [1.807, 2.05) is 6.92 Å². The van der Waals surface area contributed by atoms with Crippen molar-refractivity contribution in [1.82, 2.24) is 9.97 Å². The van der Waals surface area contributed by atoms with Crippen LogP contribution < -0.4 is 11.1 Å². The third kappa shape index (κ3) is 3.54. The molecule has 6 nitrogen and oxygen atoms in total. The molecule has 0 spiro atoms. The number of nitrogen functional groups attached to an aromatic ring is 1. The molecule has 0 aromatic carbocycles. The van der Waals surface area contributed by atoms with E-state index in [0.29, 0.717) is 37.5 Å². The van der Waals surface area contributed by atoms with Crippen molar-refractivity contribution < 1.29 is 9.47 Å². The molecule has 1 unspecified atom stereocenters. The van der Waals surface area contributed by atoms with Crippen LogP contribution in [-0.4, -0.2) is 35.8 Å². The lowest BCUT2D eigenvalue weighted by molar-refractivity contribution is 0.128. The summed E-state index contributed by atoms with van der Waals surface area (Å²) < 4.78 is 10.6. The molecule has 1 atom stereocenters. The van der Waals surface area contributed by atoms with Crippen molar-refractivity contribution in [1.29, 1.82) is 0 Å². The third-order valence-corrected chi connectivity index (χ3v) is 2.51. The molecule has 1 fully saturated rings. The second kappa shape index (κ2) is 5.79. The maximum Gasteiger partial charge on any atom is 0.158 e. The number of aromatic nitrogens is 2. The second-order valence-corrected chi connectivity index (χ2v) is 3.94. The quantitative estimate of drug-likeness (QED) is 0.789. The minimum atomic E-state index is 0.309. The van der Waals surface area contributed by atoms with Gasteiger partial charge in [0.25, 0.3) is 0 Å². The van der Waals surface area contributed by atoms with Crippen LogP contribution in [-0.2, 0) is 16.1 Å². The largest absolute Gasteiger partial charge is 0.384 e. The van der Waals surface area contributed by atoms with Crippen LogP contribution in [0.15, 0.2) is 6.07 Å². The van der Waals surface area contributed by atoms with Crippen molar-refractivity contribution in [3.05, 3.63) is 11.9 Å². The highest BCUT2D eigenvalue weighted by atomic mass is 16.5. The van der Waals surface area contributed by atoms with Gasteiger partial charge in [-0.25, -0.2) is 9.97 Å². The fourth-order valence-electron chi connectivity index (χ4n) is 1.71. The zero-order valence-electron chi connectivity index (χ0n) is 9.98. The third-order valence-electron chi connectivity index (χ3n) is 2.51. The van der Waals surface area contributed by atoms with Gasteiger partial charge in [0.05, 0.1) is 12.6 Å². The van der Waals surface area contributed by atoms with Crippen LogP contribution in [0.1, 0.15) is 19.2 Å². The Kier molecular flexibility index (Phi) is 4.11. The molecular weight excluding hydrogens is 220 g/mol. The van der Waals surface area contributed by atoms with Gasteiger partial charge in [-0.15, -0.1) is 0 Å². The smallest absolute Gasteiger partial charge is 0.158 e. The molecule has 0 bridgehead atoms. The number of anilines is 2. The Balaban J connectivity index is 2.02. The summed E-state index contributed by atoms with van der Waals surface area (Å²) in [5, 5.41) is 3.29. The fraction of sp³-hybridized carbons (Fsp3) is 0.636. The number of hydrogen-bond donors (Lipinski definition) is 2. The summed E-state index contributed by atoms with van der Waals surface area (Å²) in [6, 6.07) is 2.04. The number of hydrogen-bond acceptors (Lipinski definition) is 6. The first-order valence-electron chi connectivity index (χ1n) is 5.83. The standard InChI is InChI=1S/C11H18N4O2/c1-2-16-7-11-14-9(12)5-10(15-11)13-8-3-4-17-6-8/h5,8H,2-4,6-7H2,1H3,(H3,12,13,14,15). The van der Waals surface area contributed by atoms with Crippen molar-refractivity contribution in [3.8, 4) is 0 Å². The van der Waals surface area contributed by atoms with Crippen molar-refractivity contribution in [2.45, 2.75) is 26.0 Å². The van der Waals surface area contributed by atoms with E-state index in [0.717, 1.165) is 18.8 Å². The van der Waals surface area contributed by atoms with Crippen molar-refractivity contribution in [2.24, 2.45) is 0 Å². The van der Waals surface area contributed by atoms with E-state index in [9.17, 15) is 0 Å². The average Bonchev–Trinajstić information content (AvgIpc) is 2.78. The first-order chi connectivity index (χ1) is 8.28. The van der Waals surface area contributed by atoms with Gasteiger partial charge < -0.3 is 20.5 Å². The van der Waals surface area contributed by atoms with Gasteiger partial charge in [-0.1, -0.05) is 0 Å². The molecule has 1 aliphatic heterocycles. The first kappa shape index (κ1) is 12.1.